The van der Waals surface area contributed by atoms with Gasteiger partial charge in [-0.05, 0) is 26.8 Å². The molecule has 2 unspecified atom stereocenters. The van der Waals surface area contributed by atoms with Crippen molar-refractivity contribution in [2.24, 2.45) is 0 Å². The fourth-order valence-corrected chi connectivity index (χ4v) is 1.22. The lowest BCUT2D eigenvalue weighted by atomic mass is 10.1. The molecule has 0 amide bonds. The van der Waals surface area contributed by atoms with E-state index in [1.165, 1.54) is 6.42 Å². The first-order valence-corrected chi connectivity index (χ1v) is 5.07. The third kappa shape index (κ3) is 5.56. The summed E-state index contributed by atoms with van der Waals surface area (Å²) >= 11 is 0. The highest BCUT2D eigenvalue weighted by atomic mass is 15.0. The van der Waals surface area contributed by atoms with Crippen LogP contribution in [0.3, 0.4) is 0 Å². The number of hydrogen-bond donors (Lipinski definition) is 2. The summed E-state index contributed by atoms with van der Waals surface area (Å²) < 4.78 is 0. The summed E-state index contributed by atoms with van der Waals surface area (Å²) in [6, 6.07) is 1.69. The van der Waals surface area contributed by atoms with Gasteiger partial charge in [-0.15, -0.1) is 0 Å². The number of nitrogens with one attached hydrogen (secondary N) is 2. The molecular weight excluding hydrogens is 148 g/mol. The van der Waals surface area contributed by atoms with Gasteiger partial charge in [0.2, 0.25) is 0 Å². The molecule has 0 saturated heterocycles. The van der Waals surface area contributed by atoms with Gasteiger partial charge in [0.25, 0.3) is 0 Å². The lowest BCUT2D eigenvalue weighted by molar-refractivity contribution is 0.385. The van der Waals surface area contributed by atoms with Crippen LogP contribution in [0.25, 0.3) is 0 Å². The highest BCUT2D eigenvalue weighted by Crippen LogP contribution is 1.93. The maximum absolute atomic E-state index is 3.49. The minimum Gasteiger partial charge on any atom is -0.313 e. The van der Waals surface area contributed by atoms with E-state index in [1.807, 2.05) is 0 Å². The van der Waals surface area contributed by atoms with Crippen LogP contribution in [0.1, 0.15) is 41.0 Å². The molecule has 0 aliphatic heterocycles. The molecule has 12 heavy (non-hydrogen) atoms. The van der Waals surface area contributed by atoms with E-state index in [9.17, 15) is 0 Å². The molecular formula is C10H24N2. The lowest BCUT2D eigenvalue weighted by Crippen LogP contribution is -2.46. The van der Waals surface area contributed by atoms with Crippen LogP contribution in [-0.4, -0.2) is 24.7 Å². The van der Waals surface area contributed by atoms with Crippen molar-refractivity contribution in [3.63, 3.8) is 0 Å². The molecule has 0 bridgehead atoms. The van der Waals surface area contributed by atoms with Crippen molar-refractivity contribution in [3.05, 3.63) is 0 Å². The molecule has 74 valence electrons. The Hall–Kier alpha value is -0.0800. The molecule has 2 nitrogen and oxygen atoms in total. The smallest absolute Gasteiger partial charge is 0.0192 e. The van der Waals surface area contributed by atoms with Gasteiger partial charge < -0.3 is 10.6 Å². The molecule has 0 fully saturated rings. The molecule has 0 saturated carbocycles. The number of hydrogen-bond acceptors (Lipinski definition) is 2. The molecule has 0 aromatic rings. The van der Waals surface area contributed by atoms with Crippen LogP contribution in [0.5, 0.6) is 0 Å². The Labute approximate surface area is 77.1 Å². The zero-order valence-electron chi connectivity index (χ0n) is 9.15. The fourth-order valence-electron chi connectivity index (χ4n) is 1.22. The van der Waals surface area contributed by atoms with E-state index in [1.54, 1.807) is 0 Å². The Morgan fingerprint density at radius 1 is 1.00 bits per heavy atom. The Balaban J connectivity index is 3.53. The summed E-state index contributed by atoms with van der Waals surface area (Å²) in [7, 11) is 0. The summed E-state index contributed by atoms with van der Waals surface area (Å²) in [4.78, 5) is 0. The largest absolute Gasteiger partial charge is 0.313 e. The Bertz CT molecular complexity index is 102. The molecule has 0 aliphatic carbocycles. The first-order valence-electron chi connectivity index (χ1n) is 5.07. The van der Waals surface area contributed by atoms with Crippen LogP contribution in [0.2, 0.25) is 0 Å². The van der Waals surface area contributed by atoms with E-state index in [0.717, 1.165) is 6.54 Å². The van der Waals surface area contributed by atoms with E-state index >= 15 is 0 Å². The van der Waals surface area contributed by atoms with Gasteiger partial charge in [0, 0.05) is 18.1 Å². The average molecular weight is 172 g/mol. The van der Waals surface area contributed by atoms with Crippen LogP contribution in [0, 0.1) is 0 Å². The van der Waals surface area contributed by atoms with Crippen LogP contribution >= 0.6 is 0 Å². The second kappa shape index (κ2) is 6.44. The summed E-state index contributed by atoms with van der Waals surface area (Å²) in [5.41, 5.74) is 0. The summed E-state index contributed by atoms with van der Waals surface area (Å²) in [5, 5.41) is 6.96. The standard InChI is InChI=1S/C10H24N2/c1-6-7-11-9(4)10(5)12-8(2)3/h8-12H,6-7H2,1-5H3. The maximum Gasteiger partial charge on any atom is 0.0192 e. The molecule has 0 aromatic carbocycles. The summed E-state index contributed by atoms with van der Waals surface area (Å²) in [5.74, 6) is 0. The molecule has 2 heteroatoms. The lowest BCUT2D eigenvalue weighted by Gasteiger charge is -2.24. The summed E-state index contributed by atoms with van der Waals surface area (Å²) in [6.07, 6.45) is 1.21. The maximum atomic E-state index is 3.49. The molecule has 0 rings (SSSR count). The van der Waals surface area contributed by atoms with Gasteiger partial charge in [0.1, 0.15) is 0 Å². The second-order valence-corrected chi connectivity index (χ2v) is 3.85. The predicted molar refractivity (Wildman–Crippen MR) is 55.5 cm³/mol. The Morgan fingerprint density at radius 3 is 2.00 bits per heavy atom. The second-order valence-electron chi connectivity index (χ2n) is 3.85. The van der Waals surface area contributed by atoms with Crippen LogP contribution < -0.4 is 10.6 Å². The first kappa shape index (κ1) is 11.9. The van der Waals surface area contributed by atoms with Crippen LogP contribution in [0.15, 0.2) is 0 Å². The van der Waals surface area contributed by atoms with Crippen molar-refractivity contribution in [3.8, 4) is 0 Å². The molecule has 0 aromatic heterocycles. The molecule has 0 heterocycles. The molecule has 0 radical (unpaired) electrons. The SMILES string of the molecule is CCCNC(C)C(C)NC(C)C. The van der Waals surface area contributed by atoms with Crippen molar-refractivity contribution in [2.75, 3.05) is 6.54 Å². The highest BCUT2D eigenvalue weighted by Gasteiger charge is 2.10. The fraction of sp³-hybridized carbons (Fsp3) is 1.00. The van der Waals surface area contributed by atoms with Crippen molar-refractivity contribution < 1.29 is 0 Å². The van der Waals surface area contributed by atoms with Gasteiger partial charge in [-0.2, -0.15) is 0 Å². The average Bonchev–Trinajstić information content (AvgIpc) is 1.98. The topological polar surface area (TPSA) is 24.1 Å². The van der Waals surface area contributed by atoms with E-state index in [2.05, 4.69) is 45.3 Å². The Morgan fingerprint density at radius 2 is 1.58 bits per heavy atom. The minimum atomic E-state index is 0.552. The molecule has 0 spiro atoms. The van der Waals surface area contributed by atoms with E-state index in [-0.39, 0.29) is 0 Å². The quantitative estimate of drug-likeness (QED) is 0.638. The first-order chi connectivity index (χ1) is 5.57. The van der Waals surface area contributed by atoms with Gasteiger partial charge in [-0.1, -0.05) is 20.8 Å². The summed E-state index contributed by atoms with van der Waals surface area (Å²) in [6.45, 7) is 12.1. The van der Waals surface area contributed by atoms with Gasteiger partial charge in [-0.3, -0.25) is 0 Å². The monoisotopic (exact) mass is 172 g/mol. The van der Waals surface area contributed by atoms with E-state index in [0.29, 0.717) is 18.1 Å². The predicted octanol–water partition coefficient (Wildman–Crippen LogP) is 1.76. The van der Waals surface area contributed by atoms with Crippen LogP contribution in [-0.2, 0) is 0 Å². The van der Waals surface area contributed by atoms with Gasteiger partial charge in [-0.25, -0.2) is 0 Å². The van der Waals surface area contributed by atoms with Crippen LogP contribution in [0.4, 0.5) is 0 Å². The van der Waals surface area contributed by atoms with Crippen molar-refractivity contribution >= 4 is 0 Å². The van der Waals surface area contributed by atoms with Crippen molar-refractivity contribution in [1.82, 2.24) is 10.6 Å². The Kier molecular flexibility index (Phi) is 6.39. The third-order valence-corrected chi connectivity index (χ3v) is 2.06. The van der Waals surface area contributed by atoms with Gasteiger partial charge >= 0.3 is 0 Å². The van der Waals surface area contributed by atoms with Crippen molar-refractivity contribution in [2.45, 2.75) is 59.2 Å². The van der Waals surface area contributed by atoms with Crippen molar-refractivity contribution in [1.29, 1.82) is 0 Å². The van der Waals surface area contributed by atoms with Gasteiger partial charge in [0.05, 0.1) is 0 Å². The zero-order valence-corrected chi connectivity index (χ0v) is 9.15. The van der Waals surface area contributed by atoms with Gasteiger partial charge in [0.15, 0.2) is 0 Å². The minimum absolute atomic E-state index is 0.552. The van der Waals surface area contributed by atoms with E-state index in [4.69, 9.17) is 0 Å². The number of rotatable bonds is 6. The third-order valence-electron chi connectivity index (χ3n) is 2.06. The molecule has 2 atom stereocenters. The normalized spacial score (nSPS) is 16.5. The van der Waals surface area contributed by atoms with E-state index < -0.39 is 0 Å². The zero-order chi connectivity index (χ0) is 9.56. The molecule has 2 N–H and O–H groups in total. The molecule has 0 aliphatic rings. The highest BCUT2D eigenvalue weighted by molar-refractivity contribution is 4.75.